The van der Waals surface area contributed by atoms with Gasteiger partial charge in [-0.1, -0.05) is 52.4 Å². The fourth-order valence-electron chi connectivity index (χ4n) is 4.35. The predicted octanol–water partition coefficient (Wildman–Crippen LogP) is 7.37. The number of rotatable bonds is 19. The number of alkyl halides is 3. The first-order valence-corrected chi connectivity index (χ1v) is 15.4. The molecule has 1 amide bonds. The fraction of sp³-hybridized carbons (Fsp3) is 0.545. The van der Waals surface area contributed by atoms with Crippen LogP contribution in [0.5, 0.6) is 11.5 Å². The Morgan fingerprint density at radius 1 is 0.795 bits per heavy atom. The van der Waals surface area contributed by atoms with E-state index in [2.05, 4.69) is 23.9 Å². The zero-order chi connectivity index (χ0) is 32.5. The van der Waals surface area contributed by atoms with Crippen LogP contribution in [-0.2, 0) is 9.53 Å². The third-order valence-electron chi connectivity index (χ3n) is 6.80. The van der Waals surface area contributed by atoms with E-state index in [4.69, 9.17) is 15.2 Å². The van der Waals surface area contributed by atoms with Gasteiger partial charge in [0.2, 0.25) is 0 Å². The highest BCUT2D eigenvalue weighted by Gasteiger charge is 2.42. The zero-order valence-electron chi connectivity index (χ0n) is 25.9. The van der Waals surface area contributed by atoms with Crippen LogP contribution in [0.3, 0.4) is 0 Å². The molecule has 2 rings (SSSR count). The highest BCUT2D eigenvalue weighted by molar-refractivity contribution is 6.00. The lowest BCUT2D eigenvalue weighted by molar-refractivity contribution is -0.193. The number of hydrogen-bond acceptors (Lipinski definition) is 7. The Balaban J connectivity index is 2.50. The number of carbonyl (C=O) groups excluding carboxylic acids is 3. The molecule has 11 heteroatoms. The van der Waals surface area contributed by atoms with Crippen molar-refractivity contribution in [3.63, 3.8) is 0 Å². The maximum absolute atomic E-state index is 13.0. The van der Waals surface area contributed by atoms with Gasteiger partial charge in [-0.15, -0.1) is 0 Å². The third-order valence-corrected chi connectivity index (χ3v) is 6.80. The molecule has 0 fully saturated rings. The zero-order valence-corrected chi connectivity index (χ0v) is 25.9. The third kappa shape index (κ3) is 12.6. The number of ether oxygens (including phenoxy) is 3. The molecular formula is C33H45F3N2O6. The van der Waals surface area contributed by atoms with E-state index < -0.39 is 18.1 Å². The lowest BCUT2D eigenvalue weighted by Crippen LogP contribution is -2.28. The van der Waals surface area contributed by atoms with Gasteiger partial charge in [0.1, 0.15) is 11.5 Å². The first kappa shape index (κ1) is 36.6. The highest BCUT2D eigenvalue weighted by atomic mass is 19.4. The average molecular weight is 623 g/mol. The first-order valence-electron chi connectivity index (χ1n) is 15.4. The number of benzene rings is 2. The maximum atomic E-state index is 13.0. The summed E-state index contributed by atoms with van der Waals surface area (Å²) in [7, 11) is 0. The summed E-state index contributed by atoms with van der Waals surface area (Å²) in [4.78, 5) is 36.9. The Labute approximate surface area is 257 Å². The van der Waals surface area contributed by atoms with E-state index in [0.717, 1.165) is 57.8 Å². The summed E-state index contributed by atoms with van der Waals surface area (Å²) >= 11 is 0. The van der Waals surface area contributed by atoms with Crippen molar-refractivity contribution in [3.05, 3.63) is 47.5 Å². The quantitative estimate of drug-likeness (QED) is 0.0954. The Hall–Kier alpha value is -3.60. The van der Waals surface area contributed by atoms with Gasteiger partial charge in [0.15, 0.2) is 0 Å². The molecule has 2 aromatic rings. The molecule has 0 aliphatic heterocycles. The number of nitrogens with two attached hydrogens (primary N) is 1. The summed E-state index contributed by atoms with van der Waals surface area (Å²) in [5.41, 5.74) is 6.53. The second-order valence-corrected chi connectivity index (χ2v) is 10.8. The number of esters is 2. The van der Waals surface area contributed by atoms with E-state index in [1.807, 2.05) is 6.92 Å². The van der Waals surface area contributed by atoms with Crippen LogP contribution in [0.4, 0.5) is 13.2 Å². The summed E-state index contributed by atoms with van der Waals surface area (Å²) in [6.45, 7) is 7.25. The van der Waals surface area contributed by atoms with Gasteiger partial charge in [-0.05, 0) is 69.0 Å². The number of hydrogen-bond donors (Lipinski definition) is 2. The first-order chi connectivity index (χ1) is 21.0. The molecule has 0 saturated heterocycles. The Bertz CT molecular complexity index is 1220. The van der Waals surface area contributed by atoms with Gasteiger partial charge >= 0.3 is 18.1 Å². The Morgan fingerprint density at radius 3 is 1.82 bits per heavy atom. The molecule has 0 heterocycles. The monoisotopic (exact) mass is 622 g/mol. The maximum Gasteiger partial charge on any atom is 0.491 e. The molecule has 244 valence electrons. The molecule has 0 bridgehead atoms. The fourth-order valence-corrected chi connectivity index (χ4v) is 4.35. The van der Waals surface area contributed by atoms with Gasteiger partial charge in [-0.3, -0.25) is 4.79 Å². The van der Waals surface area contributed by atoms with Crippen LogP contribution >= 0.6 is 0 Å². The van der Waals surface area contributed by atoms with Crippen molar-refractivity contribution < 1.29 is 41.8 Å². The molecule has 0 spiro atoms. The molecule has 2 aromatic carbocycles. The van der Waals surface area contributed by atoms with Gasteiger partial charge in [0.05, 0.1) is 18.8 Å². The summed E-state index contributed by atoms with van der Waals surface area (Å²) in [5.74, 6) is -3.67. The van der Waals surface area contributed by atoms with Gasteiger partial charge in [-0.2, -0.15) is 13.2 Å². The Morgan fingerprint density at radius 2 is 1.32 bits per heavy atom. The van der Waals surface area contributed by atoms with Crippen LogP contribution in [0.25, 0.3) is 11.1 Å². The van der Waals surface area contributed by atoms with Crippen LogP contribution in [0, 0.1) is 0 Å². The van der Waals surface area contributed by atoms with E-state index in [9.17, 15) is 27.6 Å². The molecule has 1 unspecified atom stereocenters. The molecular weight excluding hydrogens is 577 g/mol. The molecule has 0 saturated carbocycles. The van der Waals surface area contributed by atoms with Crippen molar-refractivity contribution in [1.29, 1.82) is 0 Å². The lowest BCUT2D eigenvalue weighted by Gasteiger charge is -2.18. The van der Waals surface area contributed by atoms with Crippen LogP contribution in [0.1, 0.15) is 106 Å². The molecule has 8 nitrogen and oxygen atoms in total. The van der Waals surface area contributed by atoms with Gasteiger partial charge in [-0.25, -0.2) is 9.59 Å². The molecule has 3 N–H and O–H groups in total. The molecule has 0 radical (unpaired) electrons. The molecule has 44 heavy (non-hydrogen) atoms. The SMILES string of the molecule is CCCCCCOc1ccc(C(=O)NCCCC(C)N)cc1-c1cc(C(=O)OC(=O)C(F)(F)F)ccc1OCCCCCC. The summed E-state index contributed by atoms with van der Waals surface area (Å²) < 4.78 is 54.6. The smallest absolute Gasteiger partial charge is 0.491 e. The molecule has 0 aromatic heterocycles. The average Bonchev–Trinajstić information content (AvgIpc) is 2.98. The van der Waals surface area contributed by atoms with Crippen molar-refractivity contribution in [2.24, 2.45) is 5.73 Å². The van der Waals surface area contributed by atoms with Crippen LogP contribution in [0.15, 0.2) is 36.4 Å². The van der Waals surface area contributed by atoms with Crippen molar-refractivity contribution in [2.75, 3.05) is 19.8 Å². The number of unbranched alkanes of at least 4 members (excludes halogenated alkanes) is 6. The lowest BCUT2D eigenvalue weighted by atomic mass is 9.98. The number of nitrogens with one attached hydrogen (secondary N) is 1. The van der Waals surface area contributed by atoms with Crippen molar-refractivity contribution in [2.45, 2.75) is 97.2 Å². The minimum Gasteiger partial charge on any atom is -0.493 e. The van der Waals surface area contributed by atoms with Crippen LogP contribution in [-0.4, -0.2) is 49.8 Å². The van der Waals surface area contributed by atoms with Gasteiger partial charge < -0.3 is 25.3 Å². The number of carbonyl (C=O) groups is 3. The molecule has 0 aliphatic carbocycles. The molecule has 0 aliphatic rings. The van der Waals surface area contributed by atoms with Crippen molar-refractivity contribution in [3.8, 4) is 22.6 Å². The normalized spacial score (nSPS) is 12.0. The highest BCUT2D eigenvalue weighted by Crippen LogP contribution is 2.38. The van der Waals surface area contributed by atoms with E-state index in [0.29, 0.717) is 54.4 Å². The largest absolute Gasteiger partial charge is 0.493 e. The van der Waals surface area contributed by atoms with E-state index in [1.54, 1.807) is 18.2 Å². The predicted molar refractivity (Wildman–Crippen MR) is 163 cm³/mol. The minimum absolute atomic E-state index is 0.0121. The van der Waals surface area contributed by atoms with Gasteiger partial charge in [0.25, 0.3) is 5.91 Å². The van der Waals surface area contributed by atoms with Gasteiger partial charge in [0, 0.05) is 29.3 Å². The summed E-state index contributed by atoms with van der Waals surface area (Å²) in [6, 6.07) is 8.84. The standard InChI is InChI=1S/C33H45F3N2O6/c1-4-6-8-10-19-42-28-16-14-24(30(39)38-18-12-13-23(3)37)21-26(28)27-22-25(31(40)44-32(41)33(34,35)36)15-17-29(27)43-20-11-9-7-5-2/h14-17,21-23H,4-13,18-20,37H2,1-3H3,(H,38,39). The van der Waals surface area contributed by atoms with E-state index in [-0.39, 0.29) is 17.5 Å². The number of amides is 1. The van der Waals surface area contributed by atoms with E-state index in [1.165, 1.54) is 18.2 Å². The van der Waals surface area contributed by atoms with Crippen molar-refractivity contribution >= 4 is 17.8 Å². The van der Waals surface area contributed by atoms with Crippen LogP contribution in [0.2, 0.25) is 0 Å². The van der Waals surface area contributed by atoms with Crippen molar-refractivity contribution in [1.82, 2.24) is 5.32 Å². The Kier molecular flexibility index (Phi) is 15.7. The second-order valence-electron chi connectivity index (χ2n) is 10.8. The molecule has 1 atom stereocenters. The summed E-state index contributed by atoms with van der Waals surface area (Å²) in [6.07, 6.45) is 3.76. The van der Waals surface area contributed by atoms with E-state index >= 15 is 0 Å². The number of halogens is 3. The topological polar surface area (TPSA) is 117 Å². The minimum atomic E-state index is -5.33. The second kappa shape index (κ2) is 18.9. The van der Waals surface area contributed by atoms with Crippen LogP contribution < -0.4 is 20.5 Å². The summed E-state index contributed by atoms with van der Waals surface area (Å²) in [5, 5.41) is 2.87.